The molecule has 4 rings (SSSR count). The number of aromatic nitrogens is 3. The molecule has 2 aromatic heterocycles. The summed E-state index contributed by atoms with van der Waals surface area (Å²) in [6, 6.07) is 23.3. The van der Waals surface area contributed by atoms with E-state index in [2.05, 4.69) is 21.7 Å². The number of thioether (sulfide) groups is 1. The Morgan fingerprint density at radius 1 is 1.00 bits per heavy atom. The molecular weight excluding hydrogens is 386 g/mol. The van der Waals surface area contributed by atoms with Gasteiger partial charge in [0.25, 0.3) is 0 Å². The van der Waals surface area contributed by atoms with Crippen LogP contribution in [0.2, 0.25) is 0 Å². The maximum Gasteiger partial charge on any atom is 0.192 e. The van der Waals surface area contributed by atoms with Crippen molar-refractivity contribution in [1.29, 1.82) is 0 Å². The molecule has 0 aliphatic rings. The topological polar surface area (TPSA) is 47.8 Å². The van der Waals surface area contributed by atoms with Crippen LogP contribution in [0.15, 0.2) is 83.3 Å². The fourth-order valence-corrected chi connectivity index (χ4v) is 4.90. The Hall–Kier alpha value is -2.70. The largest absolute Gasteiger partial charge is 0.302 e. The first kappa shape index (κ1) is 18.7. The Balaban J connectivity index is 1.72. The van der Waals surface area contributed by atoms with Crippen LogP contribution in [0.3, 0.4) is 0 Å². The number of carbonyl (C=O) groups is 1. The minimum Gasteiger partial charge on any atom is -0.302 e. The van der Waals surface area contributed by atoms with Crippen LogP contribution in [-0.4, -0.2) is 20.5 Å². The van der Waals surface area contributed by atoms with Crippen LogP contribution in [0.1, 0.15) is 28.1 Å². The van der Waals surface area contributed by atoms with Crippen LogP contribution in [-0.2, 0) is 6.54 Å². The normalized spacial score (nSPS) is 12.0. The number of hydrogen-bond acceptors (Lipinski definition) is 5. The molecule has 4 aromatic rings. The van der Waals surface area contributed by atoms with E-state index in [1.165, 1.54) is 11.8 Å². The quantitative estimate of drug-likeness (QED) is 0.290. The van der Waals surface area contributed by atoms with E-state index >= 15 is 0 Å². The van der Waals surface area contributed by atoms with Crippen molar-refractivity contribution < 1.29 is 4.79 Å². The van der Waals surface area contributed by atoms with Gasteiger partial charge in [-0.25, -0.2) is 0 Å². The molecule has 0 saturated heterocycles. The predicted molar refractivity (Wildman–Crippen MR) is 115 cm³/mol. The van der Waals surface area contributed by atoms with Crippen molar-refractivity contribution in [3.63, 3.8) is 0 Å². The third-order valence-electron chi connectivity index (χ3n) is 4.40. The van der Waals surface area contributed by atoms with Crippen LogP contribution in [0.4, 0.5) is 0 Å². The first-order valence-corrected chi connectivity index (χ1v) is 10.8. The van der Waals surface area contributed by atoms with Gasteiger partial charge in [0.2, 0.25) is 0 Å². The van der Waals surface area contributed by atoms with Crippen molar-refractivity contribution in [2.24, 2.45) is 0 Å². The molecule has 1 atom stereocenters. The SMILES string of the molecule is CCn1c(S[C@H](C(=O)c2ccccc2)c2ccccc2)nnc1-c1cccs1. The molecule has 0 radical (unpaired) electrons. The maximum atomic E-state index is 13.3. The Labute approximate surface area is 172 Å². The summed E-state index contributed by atoms with van der Waals surface area (Å²) in [7, 11) is 0. The molecule has 0 bridgehead atoms. The van der Waals surface area contributed by atoms with E-state index in [9.17, 15) is 4.79 Å². The second-order valence-corrected chi connectivity index (χ2v) is 8.19. The molecule has 0 amide bonds. The lowest BCUT2D eigenvalue weighted by atomic mass is 10.0. The molecule has 0 saturated carbocycles. The number of benzene rings is 2. The number of ketones is 1. The van der Waals surface area contributed by atoms with Gasteiger partial charge in [0, 0.05) is 12.1 Å². The Morgan fingerprint density at radius 2 is 1.71 bits per heavy atom. The summed E-state index contributed by atoms with van der Waals surface area (Å²) in [5, 5.41) is 11.2. The highest BCUT2D eigenvalue weighted by atomic mass is 32.2. The smallest absolute Gasteiger partial charge is 0.192 e. The molecule has 2 heterocycles. The van der Waals surface area contributed by atoms with Crippen molar-refractivity contribution >= 4 is 28.9 Å². The minimum atomic E-state index is -0.380. The highest BCUT2D eigenvalue weighted by molar-refractivity contribution is 8.00. The lowest BCUT2D eigenvalue weighted by molar-refractivity contribution is 0.0989. The van der Waals surface area contributed by atoms with E-state index in [0.717, 1.165) is 28.0 Å². The van der Waals surface area contributed by atoms with Crippen LogP contribution in [0, 0.1) is 0 Å². The molecule has 140 valence electrons. The Morgan fingerprint density at radius 3 is 2.36 bits per heavy atom. The van der Waals surface area contributed by atoms with Crippen molar-refractivity contribution in [2.45, 2.75) is 23.9 Å². The van der Waals surface area contributed by atoms with E-state index in [0.29, 0.717) is 5.56 Å². The zero-order valence-corrected chi connectivity index (χ0v) is 17.0. The second-order valence-electron chi connectivity index (χ2n) is 6.17. The number of Topliss-reactive ketones (excluding diaryl/α,β-unsaturated/α-hetero) is 1. The Bertz CT molecular complexity index is 1040. The highest BCUT2D eigenvalue weighted by Crippen LogP contribution is 2.38. The number of nitrogens with zero attached hydrogens (tertiary/aromatic N) is 3. The fraction of sp³-hybridized carbons (Fsp3) is 0.136. The lowest BCUT2D eigenvalue weighted by Crippen LogP contribution is -2.11. The molecule has 2 aromatic carbocycles. The summed E-state index contributed by atoms with van der Waals surface area (Å²) in [5.41, 5.74) is 1.66. The van der Waals surface area contributed by atoms with Gasteiger partial charge < -0.3 is 4.57 Å². The summed E-state index contributed by atoms with van der Waals surface area (Å²) >= 11 is 3.10. The average Bonchev–Trinajstić information content (AvgIpc) is 3.42. The van der Waals surface area contributed by atoms with E-state index < -0.39 is 0 Å². The van der Waals surface area contributed by atoms with Crippen molar-refractivity contribution in [3.8, 4) is 10.7 Å². The predicted octanol–water partition coefficient (Wildman–Crippen LogP) is 5.74. The summed E-state index contributed by atoms with van der Waals surface area (Å²) in [6.45, 7) is 2.81. The number of carbonyl (C=O) groups excluding carboxylic acids is 1. The Kier molecular flexibility index (Phi) is 5.69. The van der Waals surface area contributed by atoms with Crippen LogP contribution in [0.5, 0.6) is 0 Å². The van der Waals surface area contributed by atoms with Gasteiger partial charge in [-0.1, -0.05) is 78.5 Å². The van der Waals surface area contributed by atoms with Gasteiger partial charge in [0.05, 0.1) is 4.88 Å². The van der Waals surface area contributed by atoms with Crippen molar-refractivity contribution in [1.82, 2.24) is 14.8 Å². The van der Waals surface area contributed by atoms with E-state index in [1.807, 2.05) is 78.2 Å². The zero-order valence-electron chi connectivity index (χ0n) is 15.4. The van der Waals surface area contributed by atoms with Gasteiger partial charge in [-0.3, -0.25) is 4.79 Å². The number of rotatable bonds is 7. The standard InChI is InChI=1S/C22H19N3OS2/c1-2-25-21(18-14-9-15-27-18)23-24-22(25)28-20(17-12-7-4-8-13-17)19(26)16-10-5-3-6-11-16/h3-15,20H,2H2,1H3/t20-/m0/s1. The van der Waals surface area contributed by atoms with Crippen molar-refractivity contribution in [2.75, 3.05) is 0 Å². The van der Waals surface area contributed by atoms with E-state index in [1.54, 1.807) is 11.3 Å². The fourth-order valence-electron chi connectivity index (χ4n) is 3.01. The summed E-state index contributed by atoms with van der Waals surface area (Å²) in [5.74, 6) is 0.916. The molecule has 28 heavy (non-hydrogen) atoms. The summed E-state index contributed by atoms with van der Waals surface area (Å²) in [6.07, 6.45) is 0. The van der Waals surface area contributed by atoms with Crippen LogP contribution >= 0.6 is 23.1 Å². The van der Waals surface area contributed by atoms with Gasteiger partial charge in [0.1, 0.15) is 5.25 Å². The van der Waals surface area contributed by atoms with Crippen molar-refractivity contribution in [3.05, 3.63) is 89.3 Å². The molecule has 6 heteroatoms. The average molecular weight is 406 g/mol. The summed E-state index contributed by atoms with van der Waals surface area (Å²) in [4.78, 5) is 14.4. The minimum absolute atomic E-state index is 0.0696. The maximum absolute atomic E-state index is 13.3. The molecule has 0 fully saturated rings. The lowest BCUT2D eigenvalue weighted by Gasteiger charge is -2.16. The van der Waals surface area contributed by atoms with Gasteiger partial charge in [-0.2, -0.15) is 0 Å². The first-order valence-electron chi connectivity index (χ1n) is 9.06. The number of hydrogen-bond donors (Lipinski definition) is 0. The zero-order chi connectivity index (χ0) is 19.3. The monoisotopic (exact) mass is 405 g/mol. The third-order valence-corrected chi connectivity index (χ3v) is 6.50. The second kappa shape index (κ2) is 8.54. The van der Waals surface area contributed by atoms with E-state index in [4.69, 9.17) is 0 Å². The molecule has 4 nitrogen and oxygen atoms in total. The van der Waals surface area contributed by atoms with Gasteiger partial charge in [0.15, 0.2) is 16.8 Å². The molecule has 0 spiro atoms. The molecule has 0 aliphatic heterocycles. The van der Waals surface area contributed by atoms with Gasteiger partial charge >= 0.3 is 0 Å². The van der Waals surface area contributed by atoms with E-state index in [-0.39, 0.29) is 11.0 Å². The molecule has 0 aliphatic carbocycles. The first-order chi connectivity index (χ1) is 13.8. The molecule has 0 unspecified atom stereocenters. The van der Waals surface area contributed by atoms with Crippen LogP contribution < -0.4 is 0 Å². The van der Waals surface area contributed by atoms with Gasteiger partial charge in [-0.15, -0.1) is 21.5 Å². The summed E-state index contributed by atoms with van der Waals surface area (Å²) < 4.78 is 2.07. The molecule has 0 N–H and O–H groups in total. The third kappa shape index (κ3) is 3.79. The van der Waals surface area contributed by atoms with Gasteiger partial charge in [-0.05, 0) is 23.9 Å². The highest BCUT2D eigenvalue weighted by Gasteiger charge is 2.26. The molecular formula is C22H19N3OS2. The number of thiophene rings is 1. The van der Waals surface area contributed by atoms with Crippen LogP contribution in [0.25, 0.3) is 10.7 Å².